The molecule has 1 aliphatic rings. The van der Waals surface area contributed by atoms with Crippen molar-refractivity contribution in [1.29, 1.82) is 0 Å². The van der Waals surface area contributed by atoms with E-state index in [-0.39, 0.29) is 12.5 Å². The Morgan fingerprint density at radius 3 is 2.69 bits per heavy atom. The van der Waals surface area contributed by atoms with Crippen LogP contribution in [0, 0.1) is 0 Å². The maximum absolute atomic E-state index is 12.9. The van der Waals surface area contributed by atoms with Gasteiger partial charge >= 0.3 is 5.97 Å². The minimum Gasteiger partial charge on any atom is -0.493 e. The largest absolute Gasteiger partial charge is 0.493 e. The highest BCUT2D eigenvalue weighted by Crippen LogP contribution is 2.42. The normalized spacial score (nSPS) is 12.4. The lowest BCUT2D eigenvalue weighted by atomic mass is 10.0. The zero-order valence-electron chi connectivity index (χ0n) is 21.6. The summed E-state index contributed by atoms with van der Waals surface area (Å²) in [6.07, 6.45) is 3.07. The molecule has 0 saturated heterocycles. The number of unbranched alkanes of at least 4 members (excludes halogenated alkanes) is 2. The molecule has 0 amide bonds. The Morgan fingerprint density at radius 2 is 1.87 bits per heavy atom. The zero-order chi connectivity index (χ0) is 26.9. The van der Waals surface area contributed by atoms with Gasteiger partial charge in [-0.05, 0) is 47.9 Å². The quantitative estimate of drug-likeness (QED) is 0.202. The molecule has 0 fully saturated rings. The van der Waals surface area contributed by atoms with Gasteiger partial charge in [-0.15, -0.1) is 0 Å². The summed E-state index contributed by atoms with van der Waals surface area (Å²) in [5, 5.41) is 11.3. The van der Waals surface area contributed by atoms with Gasteiger partial charge in [0, 0.05) is 23.6 Å². The standard InChI is InChI=1S/C29H27N3O6S/c1-3-4-5-10-36-26-14-22-19(13-24(26)35-2)27(18-7-8-20-21(12-18)31-39-30-20)28(29(33)34)32(22)15-17-6-9-23-25(11-17)38-16-37-23/h6-9,11-14H,3-5,10,15-16H2,1-2H3,(H,33,34). The monoisotopic (exact) mass is 545 g/mol. The number of benzene rings is 3. The van der Waals surface area contributed by atoms with Crippen molar-refractivity contribution in [3.63, 3.8) is 0 Å². The molecule has 0 atom stereocenters. The van der Waals surface area contributed by atoms with E-state index in [9.17, 15) is 9.90 Å². The van der Waals surface area contributed by atoms with Gasteiger partial charge in [0.05, 0.1) is 31.0 Å². The molecule has 0 bridgehead atoms. The maximum Gasteiger partial charge on any atom is 0.353 e. The fraction of sp³-hybridized carbons (Fsp3) is 0.276. The number of fused-ring (bicyclic) bond motifs is 3. The summed E-state index contributed by atoms with van der Waals surface area (Å²) in [5.74, 6) is 1.40. The van der Waals surface area contributed by atoms with Crippen molar-refractivity contribution in [3.05, 3.63) is 59.8 Å². The van der Waals surface area contributed by atoms with Crippen LogP contribution in [0.2, 0.25) is 0 Å². The van der Waals surface area contributed by atoms with Gasteiger partial charge in [-0.1, -0.05) is 31.9 Å². The van der Waals surface area contributed by atoms with Gasteiger partial charge in [0.1, 0.15) is 16.7 Å². The molecule has 2 aromatic heterocycles. The number of carboxylic acid groups (broad SMARTS) is 1. The van der Waals surface area contributed by atoms with Gasteiger partial charge < -0.3 is 28.6 Å². The highest BCUT2D eigenvalue weighted by molar-refractivity contribution is 7.00. The van der Waals surface area contributed by atoms with Gasteiger partial charge in [-0.25, -0.2) is 4.79 Å². The van der Waals surface area contributed by atoms with Crippen molar-refractivity contribution in [2.75, 3.05) is 20.5 Å². The summed E-state index contributed by atoms with van der Waals surface area (Å²) in [7, 11) is 1.59. The Balaban J connectivity index is 1.56. The second-order valence-corrected chi connectivity index (χ2v) is 9.87. The van der Waals surface area contributed by atoms with Gasteiger partial charge in [0.15, 0.2) is 23.0 Å². The maximum atomic E-state index is 12.9. The molecule has 3 aromatic carbocycles. The summed E-state index contributed by atoms with van der Waals surface area (Å²) >= 11 is 1.13. The molecule has 0 spiro atoms. The lowest BCUT2D eigenvalue weighted by molar-refractivity contribution is 0.0687. The Hall–Kier alpha value is -4.31. The summed E-state index contributed by atoms with van der Waals surface area (Å²) < 4.78 is 33.3. The number of carboxylic acids is 1. The van der Waals surface area contributed by atoms with Crippen LogP contribution in [0.3, 0.4) is 0 Å². The topological polar surface area (TPSA) is 105 Å². The van der Waals surface area contributed by atoms with Gasteiger partial charge in [0.2, 0.25) is 6.79 Å². The zero-order valence-corrected chi connectivity index (χ0v) is 22.4. The van der Waals surface area contributed by atoms with Crippen LogP contribution in [-0.2, 0) is 6.54 Å². The van der Waals surface area contributed by atoms with Gasteiger partial charge in [0.25, 0.3) is 0 Å². The Morgan fingerprint density at radius 1 is 1.03 bits per heavy atom. The number of methoxy groups -OCH3 is 1. The number of aromatic nitrogens is 3. The molecule has 10 heteroatoms. The average molecular weight is 546 g/mol. The highest BCUT2D eigenvalue weighted by Gasteiger charge is 2.27. The van der Waals surface area contributed by atoms with E-state index in [1.165, 1.54) is 0 Å². The predicted molar refractivity (Wildman–Crippen MR) is 149 cm³/mol. The molecule has 6 rings (SSSR count). The molecular formula is C29H27N3O6S. The minimum atomic E-state index is -1.04. The second kappa shape index (κ2) is 10.5. The molecule has 200 valence electrons. The Bertz CT molecular complexity index is 1690. The van der Waals surface area contributed by atoms with Crippen LogP contribution < -0.4 is 18.9 Å². The van der Waals surface area contributed by atoms with Crippen LogP contribution in [0.4, 0.5) is 0 Å². The number of hydrogen-bond donors (Lipinski definition) is 1. The van der Waals surface area contributed by atoms with Crippen molar-refractivity contribution in [1.82, 2.24) is 13.3 Å². The van der Waals surface area contributed by atoms with E-state index < -0.39 is 5.97 Å². The number of nitrogens with zero attached hydrogens (tertiary/aromatic N) is 3. The SMILES string of the molecule is CCCCCOc1cc2c(cc1OC)c(-c1ccc3nsnc3c1)c(C(=O)O)n2Cc1ccc2c(c1)OCO2. The summed E-state index contributed by atoms with van der Waals surface area (Å²) in [6, 6.07) is 15.0. The van der Waals surface area contributed by atoms with Crippen molar-refractivity contribution >= 4 is 39.6 Å². The molecular weight excluding hydrogens is 518 g/mol. The van der Waals surface area contributed by atoms with Crippen LogP contribution in [0.5, 0.6) is 23.0 Å². The fourth-order valence-corrected chi connectivity index (χ4v) is 5.52. The molecule has 9 nitrogen and oxygen atoms in total. The fourth-order valence-electron chi connectivity index (χ4n) is 5.00. The van der Waals surface area contributed by atoms with Crippen LogP contribution >= 0.6 is 11.7 Å². The van der Waals surface area contributed by atoms with E-state index in [1.807, 2.05) is 53.1 Å². The van der Waals surface area contributed by atoms with Crippen LogP contribution in [0.15, 0.2) is 48.5 Å². The van der Waals surface area contributed by atoms with Crippen molar-refractivity contribution in [2.45, 2.75) is 32.7 Å². The minimum absolute atomic E-state index is 0.162. The second-order valence-electron chi connectivity index (χ2n) is 9.35. The Labute approximate surface area is 228 Å². The van der Waals surface area contributed by atoms with Crippen LogP contribution in [-0.4, -0.2) is 44.9 Å². The molecule has 1 aliphatic heterocycles. The first-order valence-electron chi connectivity index (χ1n) is 12.8. The van der Waals surface area contributed by atoms with E-state index in [0.29, 0.717) is 47.2 Å². The average Bonchev–Trinajstić information content (AvgIpc) is 3.67. The molecule has 3 heterocycles. The molecule has 0 radical (unpaired) electrons. The van der Waals surface area contributed by atoms with Crippen molar-refractivity contribution < 1.29 is 28.8 Å². The lowest BCUT2D eigenvalue weighted by Crippen LogP contribution is -2.10. The smallest absolute Gasteiger partial charge is 0.353 e. The van der Waals surface area contributed by atoms with Crippen LogP contribution in [0.25, 0.3) is 33.1 Å². The lowest BCUT2D eigenvalue weighted by Gasteiger charge is -2.13. The first-order chi connectivity index (χ1) is 19.1. The van der Waals surface area contributed by atoms with Crippen molar-refractivity contribution in [2.24, 2.45) is 0 Å². The van der Waals surface area contributed by atoms with Gasteiger partial charge in [-0.2, -0.15) is 8.75 Å². The predicted octanol–water partition coefficient (Wildman–Crippen LogP) is 6.37. The number of ether oxygens (including phenoxy) is 4. The van der Waals surface area contributed by atoms with Gasteiger partial charge in [-0.3, -0.25) is 0 Å². The van der Waals surface area contributed by atoms with E-state index in [1.54, 1.807) is 7.11 Å². The molecule has 0 saturated carbocycles. The van der Waals surface area contributed by atoms with E-state index >= 15 is 0 Å². The number of aromatic carboxylic acids is 1. The first kappa shape index (κ1) is 25.0. The molecule has 39 heavy (non-hydrogen) atoms. The molecule has 0 aliphatic carbocycles. The van der Waals surface area contributed by atoms with Crippen molar-refractivity contribution in [3.8, 4) is 34.1 Å². The summed E-state index contributed by atoms with van der Waals surface area (Å²) in [6.45, 7) is 3.16. The molecule has 5 aromatic rings. The number of hydrogen-bond acceptors (Lipinski definition) is 8. The third-order valence-electron chi connectivity index (χ3n) is 6.88. The van der Waals surface area contributed by atoms with E-state index in [2.05, 4.69) is 15.7 Å². The number of rotatable bonds is 10. The highest BCUT2D eigenvalue weighted by atomic mass is 32.1. The third-order valence-corrected chi connectivity index (χ3v) is 7.43. The van der Waals surface area contributed by atoms with E-state index in [4.69, 9.17) is 18.9 Å². The molecule has 0 unspecified atom stereocenters. The molecule has 1 N–H and O–H groups in total. The summed E-state index contributed by atoms with van der Waals surface area (Å²) in [5.41, 5.74) is 4.58. The van der Waals surface area contributed by atoms with E-state index in [0.717, 1.165) is 58.5 Å². The number of carbonyl (C=O) groups is 1. The Kier molecular flexibility index (Phi) is 6.70. The summed E-state index contributed by atoms with van der Waals surface area (Å²) in [4.78, 5) is 12.9. The third kappa shape index (κ3) is 4.61. The first-order valence-corrected chi connectivity index (χ1v) is 13.5. The van der Waals surface area contributed by atoms with Crippen LogP contribution in [0.1, 0.15) is 42.2 Å².